The van der Waals surface area contributed by atoms with E-state index in [9.17, 15) is 4.21 Å². The van der Waals surface area contributed by atoms with Crippen molar-refractivity contribution in [1.82, 2.24) is 0 Å². The lowest BCUT2D eigenvalue weighted by Gasteiger charge is -2.02. The second-order valence-corrected chi connectivity index (χ2v) is 9.09. The van der Waals surface area contributed by atoms with Crippen LogP contribution in [0.5, 0.6) is 5.75 Å². The topological polar surface area (TPSA) is 26.3 Å². The minimum atomic E-state index is -0.846. The summed E-state index contributed by atoms with van der Waals surface area (Å²) < 4.78 is 17.2. The second-order valence-electron chi connectivity index (χ2n) is 5.31. The number of methoxy groups -OCH3 is 1. The maximum Gasteiger partial charge on any atom is 0.118 e. The average Bonchev–Trinajstić information content (AvgIpc) is 2.60. The zero-order valence-electron chi connectivity index (χ0n) is 13.9. The van der Waals surface area contributed by atoms with Crippen molar-refractivity contribution in [3.63, 3.8) is 0 Å². The third-order valence-corrected chi connectivity index (χ3v) is 6.54. The van der Waals surface area contributed by atoms with Crippen LogP contribution in [0.3, 0.4) is 0 Å². The van der Waals surface area contributed by atoms with Gasteiger partial charge in [-0.15, -0.1) is 0 Å². The molecule has 0 spiro atoms. The molecule has 0 fully saturated rings. The SMILES string of the molecule is COc1ccc(CSSC=CCS(=O)Cc2ccc(C)cc2)cc1. The van der Waals surface area contributed by atoms with Gasteiger partial charge in [-0.25, -0.2) is 0 Å². The number of hydrogen-bond donors (Lipinski definition) is 0. The molecule has 0 amide bonds. The molecule has 1 unspecified atom stereocenters. The third-order valence-electron chi connectivity index (χ3n) is 3.33. The highest BCUT2D eigenvalue weighted by Gasteiger charge is 2.00. The van der Waals surface area contributed by atoms with Crippen molar-refractivity contribution in [3.05, 3.63) is 76.7 Å². The Morgan fingerprint density at radius 2 is 1.71 bits per heavy atom. The van der Waals surface area contributed by atoms with E-state index >= 15 is 0 Å². The monoisotopic (exact) mass is 378 g/mol. The van der Waals surface area contributed by atoms with Gasteiger partial charge < -0.3 is 4.74 Å². The average molecular weight is 379 g/mol. The van der Waals surface area contributed by atoms with Crippen LogP contribution in [0.15, 0.2) is 60.0 Å². The molecule has 5 heteroatoms. The lowest BCUT2D eigenvalue weighted by Crippen LogP contribution is -1.98. The highest BCUT2D eigenvalue weighted by atomic mass is 33.1. The maximum absolute atomic E-state index is 12.0. The van der Waals surface area contributed by atoms with Gasteiger partial charge in [0, 0.05) is 28.1 Å². The summed E-state index contributed by atoms with van der Waals surface area (Å²) in [5, 5.41) is 2.03. The number of hydrogen-bond acceptors (Lipinski definition) is 4. The van der Waals surface area contributed by atoms with Crippen LogP contribution in [0.4, 0.5) is 0 Å². The molecule has 0 aliphatic rings. The Labute approximate surface area is 154 Å². The van der Waals surface area contributed by atoms with Gasteiger partial charge in [0.25, 0.3) is 0 Å². The molecule has 0 aromatic heterocycles. The van der Waals surface area contributed by atoms with Gasteiger partial charge in [-0.1, -0.05) is 69.6 Å². The van der Waals surface area contributed by atoms with Crippen LogP contribution >= 0.6 is 21.6 Å². The van der Waals surface area contributed by atoms with Crippen molar-refractivity contribution >= 4 is 32.4 Å². The number of aryl methyl sites for hydroxylation is 1. The summed E-state index contributed by atoms with van der Waals surface area (Å²) in [5.41, 5.74) is 3.63. The van der Waals surface area contributed by atoms with E-state index in [-0.39, 0.29) is 0 Å². The minimum absolute atomic E-state index is 0.601. The van der Waals surface area contributed by atoms with Gasteiger partial charge in [-0.05, 0) is 35.6 Å². The van der Waals surface area contributed by atoms with Crippen LogP contribution in [-0.4, -0.2) is 17.1 Å². The number of benzene rings is 2. The lowest BCUT2D eigenvalue weighted by molar-refractivity contribution is 0.414. The van der Waals surface area contributed by atoms with Gasteiger partial charge in [0.1, 0.15) is 5.75 Å². The fourth-order valence-corrected chi connectivity index (χ4v) is 4.83. The van der Waals surface area contributed by atoms with E-state index in [2.05, 4.69) is 43.3 Å². The predicted octanol–water partition coefficient (Wildman–Crippen LogP) is 5.35. The maximum atomic E-state index is 12.0. The molecule has 0 aliphatic heterocycles. The Kier molecular flexibility index (Phi) is 8.50. The molecule has 0 N–H and O–H groups in total. The molecule has 2 aromatic carbocycles. The van der Waals surface area contributed by atoms with Crippen molar-refractivity contribution in [1.29, 1.82) is 0 Å². The summed E-state index contributed by atoms with van der Waals surface area (Å²) in [6.45, 7) is 2.06. The molecule has 128 valence electrons. The first-order valence-corrected chi connectivity index (χ1v) is 11.5. The fraction of sp³-hybridized carbons (Fsp3) is 0.263. The van der Waals surface area contributed by atoms with E-state index < -0.39 is 10.8 Å². The van der Waals surface area contributed by atoms with Gasteiger partial charge >= 0.3 is 0 Å². The van der Waals surface area contributed by atoms with E-state index in [4.69, 9.17) is 4.74 Å². The summed E-state index contributed by atoms with van der Waals surface area (Å²) in [7, 11) is 4.27. The van der Waals surface area contributed by atoms with Crippen LogP contribution in [0.2, 0.25) is 0 Å². The molecule has 2 nitrogen and oxygen atoms in total. The Hall–Kier alpha value is -1.17. The normalized spacial score (nSPS) is 12.4. The standard InChI is InChI=1S/C19H22O2S3/c1-16-4-6-18(7-5-16)15-24(20)13-3-12-22-23-14-17-8-10-19(21-2)11-9-17/h3-12H,13-15H2,1-2H3. The summed E-state index contributed by atoms with van der Waals surface area (Å²) in [6, 6.07) is 16.3. The predicted molar refractivity (Wildman–Crippen MR) is 109 cm³/mol. The Morgan fingerprint density at radius 1 is 1.04 bits per heavy atom. The fourth-order valence-electron chi connectivity index (χ4n) is 1.98. The number of ether oxygens (including phenoxy) is 1. The van der Waals surface area contributed by atoms with Crippen LogP contribution in [0.1, 0.15) is 16.7 Å². The molecule has 0 radical (unpaired) electrons. The van der Waals surface area contributed by atoms with Crippen molar-refractivity contribution in [2.75, 3.05) is 12.9 Å². The van der Waals surface area contributed by atoms with E-state index in [1.54, 1.807) is 28.7 Å². The molecular weight excluding hydrogens is 356 g/mol. The lowest BCUT2D eigenvalue weighted by atomic mass is 10.2. The largest absolute Gasteiger partial charge is 0.497 e. The first kappa shape index (κ1) is 19.2. The van der Waals surface area contributed by atoms with Crippen molar-refractivity contribution < 1.29 is 8.95 Å². The highest BCUT2D eigenvalue weighted by Crippen LogP contribution is 2.27. The second kappa shape index (κ2) is 10.6. The first-order valence-electron chi connectivity index (χ1n) is 7.64. The van der Waals surface area contributed by atoms with Gasteiger partial charge in [0.2, 0.25) is 0 Å². The smallest absolute Gasteiger partial charge is 0.118 e. The van der Waals surface area contributed by atoms with Crippen LogP contribution < -0.4 is 4.74 Å². The number of rotatable bonds is 9. The molecule has 0 aliphatic carbocycles. The molecule has 0 bridgehead atoms. The van der Waals surface area contributed by atoms with E-state index in [0.717, 1.165) is 17.1 Å². The Balaban J connectivity index is 1.63. The van der Waals surface area contributed by atoms with Crippen LogP contribution in [0.25, 0.3) is 0 Å². The van der Waals surface area contributed by atoms with Crippen molar-refractivity contribution in [2.45, 2.75) is 18.4 Å². The Bertz CT molecular complexity index is 664. The third kappa shape index (κ3) is 7.16. The quantitative estimate of drug-likeness (QED) is 0.434. The molecule has 1 atom stereocenters. The highest BCUT2D eigenvalue weighted by molar-refractivity contribution is 8.77. The molecular formula is C19H22O2S3. The van der Waals surface area contributed by atoms with E-state index in [0.29, 0.717) is 11.5 Å². The summed E-state index contributed by atoms with van der Waals surface area (Å²) in [6.07, 6.45) is 2.00. The molecule has 0 saturated heterocycles. The van der Waals surface area contributed by atoms with Crippen molar-refractivity contribution in [3.8, 4) is 5.75 Å². The van der Waals surface area contributed by atoms with Crippen LogP contribution in [0, 0.1) is 6.92 Å². The molecule has 2 aromatic rings. The van der Waals surface area contributed by atoms with Gasteiger partial charge in [-0.3, -0.25) is 4.21 Å². The summed E-state index contributed by atoms with van der Waals surface area (Å²) in [5.74, 6) is 3.04. The van der Waals surface area contributed by atoms with Gasteiger partial charge in [0.15, 0.2) is 0 Å². The first-order chi connectivity index (χ1) is 11.7. The summed E-state index contributed by atoms with van der Waals surface area (Å²) in [4.78, 5) is 0. The molecule has 0 heterocycles. The van der Waals surface area contributed by atoms with E-state index in [1.807, 2.05) is 23.6 Å². The Morgan fingerprint density at radius 3 is 2.38 bits per heavy atom. The van der Waals surface area contributed by atoms with Gasteiger partial charge in [0.05, 0.1) is 7.11 Å². The van der Waals surface area contributed by atoms with Crippen LogP contribution in [-0.2, 0) is 22.3 Å². The van der Waals surface area contributed by atoms with E-state index in [1.165, 1.54) is 11.1 Å². The zero-order valence-corrected chi connectivity index (χ0v) is 16.4. The molecule has 2 rings (SSSR count). The minimum Gasteiger partial charge on any atom is -0.497 e. The summed E-state index contributed by atoms with van der Waals surface area (Å²) >= 11 is 0. The molecule has 24 heavy (non-hydrogen) atoms. The van der Waals surface area contributed by atoms with Gasteiger partial charge in [-0.2, -0.15) is 0 Å². The van der Waals surface area contributed by atoms with Crippen molar-refractivity contribution in [2.24, 2.45) is 0 Å². The molecule has 0 saturated carbocycles. The zero-order chi connectivity index (χ0) is 17.2.